The van der Waals surface area contributed by atoms with Crippen LogP contribution in [0.15, 0.2) is 24.3 Å². The Bertz CT molecular complexity index is 431. The van der Waals surface area contributed by atoms with Gasteiger partial charge in [-0.15, -0.1) is 0 Å². The summed E-state index contributed by atoms with van der Waals surface area (Å²) in [4.78, 5) is 23.0. The minimum absolute atomic E-state index is 0.00407. The lowest BCUT2D eigenvalue weighted by Gasteiger charge is -2.15. The van der Waals surface area contributed by atoms with Crippen LogP contribution in [-0.4, -0.2) is 31.4 Å². The number of carbonyl (C=O) groups excluding carboxylic acids is 2. The van der Waals surface area contributed by atoms with Crippen LogP contribution < -0.4 is 5.32 Å². The second-order valence-corrected chi connectivity index (χ2v) is 5.55. The summed E-state index contributed by atoms with van der Waals surface area (Å²) in [5.41, 5.74) is 1.12. The van der Waals surface area contributed by atoms with E-state index >= 15 is 0 Å². The van der Waals surface area contributed by atoms with E-state index in [0.717, 1.165) is 5.56 Å². The molecule has 1 amide bonds. The second kappa shape index (κ2) is 8.27. The van der Waals surface area contributed by atoms with Gasteiger partial charge in [-0.2, -0.15) is 0 Å². The van der Waals surface area contributed by atoms with Crippen molar-refractivity contribution in [3.63, 3.8) is 0 Å². The molecule has 0 aliphatic heterocycles. The molecule has 4 nitrogen and oxygen atoms in total. The standard InChI is InChI=1S/C14H18INO3/c1-10(17)16-13(9-19-2)14(18)8-5-11-3-6-12(15)7-4-11/h3-4,6-7,13H,5,8-9H2,1-2H3,(H,16,17)/t13-/m1/s1. The van der Waals surface area contributed by atoms with Crippen LogP contribution in [0.1, 0.15) is 18.9 Å². The van der Waals surface area contributed by atoms with Gasteiger partial charge in [0.25, 0.3) is 0 Å². The number of Topliss-reactive ketones (excluding diaryl/α,β-unsaturated/α-hetero) is 1. The summed E-state index contributed by atoms with van der Waals surface area (Å²) in [6.45, 7) is 1.61. The molecule has 1 aromatic carbocycles. The van der Waals surface area contributed by atoms with Crippen LogP contribution in [0.25, 0.3) is 0 Å². The van der Waals surface area contributed by atoms with E-state index in [4.69, 9.17) is 4.74 Å². The molecule has 0 aliphatic carbocycles. The molecule has 1 rings (SSSR count). The third kappa shape index (κ3) is 6.15. The highest BCUT2D eigenvalue weighted by atomic mass is 127. The Balaban J connectivity index is 2.51. The van der Waals surface area contributed by atoms with Crippen LogP contribution in [0.4, 0.5) is 0 Å². The summed E-state index contributed by atoms with van der Waals surface area (Å²) in [6.07, 6.45) is 1.07. The number of hydrogen-bond donors (Lipinski definition) is 1. The molecule has 0 saturated carbocycles. The van der Waals surface area contributed by atoms with E-state index in [1.54, 1.807) is 0 Å². The van der Waals surface area contributed by atoms with E-state index < -0.39 is 6.04 Å². The Morgan fingerprint density at radius 1 is 1.32 bits per heavy atom. The zero-order valence-corrected chi connectivity index (χ0v) is 13.3. The van der Waals surface area contributed by atoms with Crippen LogP contribution in [-0.2, 0) is 20.7 Å². The molecule has 104 valence electrons. The van der Waals surface area contributed by atoms with Gasteiger partial charge in [0.15, 0.2) is 5.78 Å². The number of methoxy groups -OCH3 is 1. The predicted octanol–water partition coefficient (Wildman–Crippen LogP) is 1.94. The SMILES string of the molecule is COC[C@@H](NC(C)=O)C(=O)CCc1ccc(I)cc1. The summed E-state index contributed by atoms with van der Waals surface area (Å²) in [5, 5.41) is 2.61. The Labute approximate surface area is 127 Å². The predicted molar refractivity (Wildman–Crippen MR) is 82.0 cm³/mol. The fraction of sp³-hybridized carbons (Fsp3) is 0.429. The first-order chi connectivity index (χ1) is 9.02. The number of nitrogens with one attached hydrogen (secondary N) is 1. The molecule has 0 aliphatic rings. The molecule has 5 heteroatoms. The van der Waals surface area contributed by atoms with E-state index in [-0.39, 0.29) is 18.3 Å². The van der Waals surface area contributed by atoms with Crippen molar-refractivity contribution in [1.29, 1.82) is 0 Å². The number of benzene rings is 1. The number of rotatable bonds is 7. The maximum absolute atomic E-state index is 12.0. The number of hydrogen-bond acceptors (Lipinski definition) is 3. The van der Waals surface area contributed by atoms with Crippen molar-refractivity contribution < 1.29 is 14.3 Å². The average Bonchev–Trinajstić information content (AvgIpc) is 2.37. The minimum Gasteiger partial charge on any atom is -0.382 e. The zero-order valence-electron chi connectivity index (χ0n) is 11.1. The summed E-state index contributed by atoms with van der Waals surface area (Å²) < 4.78 is 6.13. The van der Waals surface area contributed by atoms with E-state index in [1.807, 2.05) is 24.3 Å². The highest BCUT2D eigenvalue weighted by molar-refractivity contribution is 14.1. The highest BCUT2D eigenvalue weighted by Crippen LogP contribution is 2.09. The first kappa shape index (κ1) is 16.1. The maximum atomic E-state index is 12.0. The lowest BCUT2D eigenvalue weighted by molar-refractivity contribution is -0.128. The molecule has 0 aromatic heterocycles. The summed E-state index contributed by atoms with van der Waals surface area (Å²) >= 11 is 2.24. The molecular weight excluding hydrogens is 357 g/mol. The third-order valence-corrected chi connectivity index (χ3v) is 3.39. The van der Waals surface area contributed by atoms with Gasteiger partial charge in [-0.3, -0.25) is 9.59 Å². The number of ether oxygens (including phenoxy) is 1. The summed E-state index contributed by atoms with van der Waals surface area (Å²) in [6, 6.07) is 7.51. The van der Waals surface area contributed by atoms with Gasteiger partial charge in [-0.05, 0) is 46.7 Å². The Morgan fingerprint density at radius 3 is 2.47 bits per heavy atom. The first-order valence-corrected chi connectivity index (χ1v) is 7.14. The smallest absolute Gasteiger partial charge is 0.217 e. The molecule has 0 fully saturated rings. The van der Waals surface area contributed by atoms with E-state index in [0.29, 0.717) is 12.8 Å². The molecule has 19 heavy (non-hydrogen) atoms. The maximum Gasteiger partial charge on any atom is 0.217 e. The summed E-state index contributed by atoms with van der Waals surface area (Å²) in [5.74, 6) is -0.222. The molecule has 1 N–H and O–H groups in total. The van der Waals surface area contributed by atoms with Crippen LogP contribution >= 0.6 is 22.6 Å². The Hall–Kier alpha value is -0.950. The lowest BCUT2D eigenvalue weighted by Crippen LogP contribution is -2.43. The van der Waals surface area contributed by atoms with Crippen LogP contribution in [0.5, 0.6) is 0 Å². The average molecular weight is 375 g/mol. The molecule has 0 heterocycles. The first-order valence-electron chi connectivity index (χ1n) is 6.06. The van der Waals surface area contributed by atoms with Gasteiger partial charge >= 0.3 is 0 Å². The summed E-state index contributed by atoms with van der Waals surface area (Å²) in [7, 11) is 1.52. The topological polar surface area (TPSA) is 55.4 Å². The molecule has 1 aromatic rings. The Kier molecular flexibility index (Phi) is 7.01. The largest absolute Gasteiger partial charge is 0.382 e. The van der Waals surface area contributed by atoms with Crippen molar-refractivity contribution in [3.8, 4) is 0 Å². The third-order valence-electron chi connectivity index (χ3n) is 2.67. The zero-order chi connectivity index (χ0) is 14.3. The minimum atomic E-state index is -0.550. The fourth-order valence-electron chi connectivity index (χ4n) is 1.72. The molecular formula is C14H18INO3. The van der Waals surface area contributed by atoms with Gasteiger partial charge in [0.05, 0.1) is 6.61 Å². The van der Waals surface area contributed by atoms with Crippen LogP contribution in [0.2, 0.25) is 0 Å². The molecule has 0 radical (unpaired) electrons. The normalized spacial score (nSPS) is 11.9. The number of amides is 1. The van der Waals surface area contributed by atoms with E-state index in [1.165, 1.54) is 17.6 Å². The molecule has 0 saturated heterocycles. The number of halogens is 1. The van der Waals surface area contributed by atoms with Crippen molar-refractivity contribution in [2.45, 2.75) is 25.8 Å². The Morgan fingerprint density at radius 2 is 1.95 bits per heavy atom. The van der Waals surface area contributed by atoms with E-state index in [2.05, 4.69) is 27.9 Å². The number of ketones is 1. The highest BCUT2D eigenvalue weighted by Gasteiger charge is 2.18. The van der Waals surface area contributed by atoms with Crippen LogP contribution in [0.3, 0.4) is 0 Å². The van der Waals surface area contributed by atoms with Gasteiger partial charge in [0.1, 0.15) is 6.04 Å². The second-order valence-electron chi connectivity index (χ2n) is 4.30. The number of aryl methyl sites for hydroxylation is 1. The molecule has 1 atom stereocenters. The molecule has 0 bridgehead atoms. The van der Waals surface area contributed by atoms with Crippen molar-refractivity contribution in [1.82, 2.24) is 5.32 Å². The van der Waals surface area contributed by atoms with Gasteiger partial charge in [-0.1, -0.05) is 12.1 Å². The monoisotopic (exact) mass is 375 g/mol. The van der Waals surface area contributed by atoms with Crippen molar-refractivity contribution in [2.75, 3.05) is 13.7 Å². The van der Waals surface area contributed by atoms with E-state index in [9.17, 15) is 9.59 Å². The van der Waals surface area contributed by atoms with Gasteiger partial charge in [0.2, 0.25) is 5.91 Å². The fourth-order valence-corrected chi connectivity index (χ4v) is 2.08. The van der Waals surface area contributed by atoms with Crippen molar-refractivity contribution in [2.24, 2.45) is 0 Å². The lowest BCUT2D eigenvalue weighted by atomic mass is 10.0. The molecule has 0 spiro atoms. The van der Waals surface area contributed by atoms with Crippen LogP contribution in [0, 0.1) is 3.57 Å². The van der Waals surface area contributed by atoms with Crippen molar-refractivity contribution >= 4 is 34.3 Å². The van der Waals surface area contributed by atoms with Gasteiger partial charge in [0, 0.05) is 24.0 Å². The quantitative estimate of drug-likeness (QED) is 0.742. The van der Waals surface area contributed by atoms with Crippen molar-refractivity contribution in [3.05, 3.63) is 33.4 Å². The van der Waals surface area contributed by atoms with Gasteiger partial charge < -0.3 is 10.1 Å². The molecule has 0 unspecified atom stereocenters. The number of carbonyl (C=O) groups is 2. The van der Waals surface area contributed by atoms with Gasteiger partial charge in [-0.25, -0.2) is 0 Å².